The predicted molar refractivity (Wildman–Crippen MR) is 141 cm³/mol. The SMILES string of the molecule is COc1ccc(CC(=O)N(Cc2ccccc2Cl)C(Cc2ccccc2)C(=O)NC(C)(C)C)cc1. The molecule has 0 saturated heterocycles. The number of carbonyl (C=O) groups excluding carboxylic acids is 2. The third-order valence-electron chi connectivity index (χ3n) is 5.58. The van der Waals surface area contributed by atoms with E-state index in [1.807, 2.05) is 93.6 Å². The molecular formula is C29H33ClN2O3. The fourth-order valence-electron chi connectivity index (χ4n) is 3.84. The maximum atomic E-state index is 13.8. The summed E-state index contributed by atoms with van der Waals surface area (Å²) in [6.07, 6.45) is 0.546. The number of amides is 2. The van der Waals surface area contributed by atoms with Crippen LogP contribution in [0.15, 0.2) is 78.9 Å². The van der Waals surface area contributed by atoms with Gasteiger partial charge in [0, 0.05) is 23.5 Å². The van der Waals surface area contributed by atoms with Crippen LogP contribution in [-0.4, -0.2) is 35.4 Å². The molecule has 35 heavy (non-hydrogen) atoms. The molecule has 0 saturated carbocycles. The van der Waals surface area contributed by atoms with E-state index in [4.69, 9.17) is 16.3 Å². The fraction of sp³-hybridized carbons (Fsp3) is 0.310. The van der Waals surface area contributed by atoms with E-state index in [1.54, 1.807) is 18.1 Å². The average molecular weight is 493 g/mol. The number of methoxy groups -OCH3 is 1. The summed E-state index contributed by atoms with van der Waals surface area (Å²) in [5.41, 5.74) is 2.16. The number of nitrogens with zero attached hydrogens (tertiary/aromatic N) is 1. The molecule has 184 valence electrons. The Bertz CT molecular complexity index is 1120. The van der Waals surface area contributed by atoms with Gasteiger partial charge in [-0.3, -0.25) is 9.59 Å². The van der Waals surface area contributed by atoms with Crippen LogP contribution in [0.3, 0.4) is 0 Å². The maximum Gasteiger partial charge on any atom is 0.243 e. The lowest BCUT2D eigenvalue weighted by molar-refractivity contribution is -0.141. The Hall–Kier alpha value is -3.31. The normalized spacial score (nSPS) is 12.0. The van der Waals surface area contributed by atoms with Crippen molar-refractivity contribution in [1.82, 2.24) is 10.2 Å². The van der Waals surface area contributed by atoms with Gasteiger partial charge >= 0.3 is 0 Å². The number of benzene rings is 3. The zero-order valence-corrected chi connectivity index (χ0v) is 21.5. The monoisotopic (exact) mass is 492 g/mol. The molecule has 6 heteroatoms. The molecule has 2 amide bonds. The highest BCUT2D eigenvalue weighted by atomic mass is 35.5. The van der Waals surface area contributed by atoms with E-state index < -0.39 is 11.6 Å². The van der Waals surface area contributed by atoms with Crippen LogP contribution in [0.2, 0.25) is 5.02 Å². The van der Waals surface area contributed by atoms with Crippen LogP contribution >= 0.6 is 11.6 Å². The van der Waals surface area contributed by atoms with Gasteiger partial charge in [0.1, 0.15) is 11.8 Å². The maximum absolute atomic E-state index is 13.8. The van der Waals surface area contributed by atoms with Gasteiger partial charge < -0.3 is 15.0 Å². The summed E-state index contributed by atoms with van der Waals surface area (Å²) < 4.78 is 5.23. The van der Waals surface area contributed by atoms with Crippen molar-refractivity contribution in [2.75, 3.05) is 7.11 Å². The summed E-state index contributed by atoms with van der Waals surface area (Å²) in [6, 6.07) is 23.8. The first-order valence-electron chi connectivity index (χ1n) is 11.7. The minimum absolute atomic E-state index is 0.153. The number of nitrogens with one attached hydrogen (secondary N) is 1. The van der Waals surface area contributed by atoms with Crippen LogP contribution in [0.4, 0.5) is 0 Å². The highest BCUT2D eigenvalue weighted by molar-refractivity contribution is 6.31. The first-order valence-corrected chi connectivity index (χ1v) is 12.1. The summed E-state index contributed by atoms with van der Waals surface area (Å²) in [5, 5.41) is 3.63. The molecule has 0 spiro atoms. The second kappa shape index (κ2) is 11.9. The molecular weight excluding hydrogens is 460 g/mol. The Balaban J connectivity index is 1.98. The number of hydrogen-bond acceptors (Lipinski definition) is 3. The smallest absolute Gasteiger partial charge is 0.243 e. The van der Waals surface area contributed by atoms with Crippen LogP contribution in [0.5, 0.6) is 5.75 Å². The number of halogens is 1. The quantitative estimate of drug-likeness (QED) is 0.432. The summed E-state index contributed by atoms with van der Waals surface area (Å²) in [7, 11) is 1.60. The Morgan fingerprint density at radius 3 is 2.14 bits per heavy atom. The van der Waals surface area contributed by atoms with Crippen molar-refractivity contribution in [3.63, 3.8) is 0 Å². The van der Waals surface area contributed by atoms with Crippen molar-refractivity contribution < 1.29 is 14.3 Å². The third kappa shape index (κ3) is 7.86. The number of carbonyl (C=O) groups is 2. The van der Waals surface area contributed by atoms with E-state index >= 15 is 0 Å². The van der Waals surface area contributed by atoms with Crippen LogP contribution in [0, 0.1) is 0 Å². The second-order valence-corrected chi connectivity index (χ2v) is 9.99. The second-order valence-electron chi connectivity index (χ2n) is 9.58. The lowest BCUT2D eigenvalue weighted by Gasteiger charge is -2.34. The molecule has 0 aliphatic carbocycles. The third-order valence-corrected chi connectivity index (χ3v) is 5.95. The Morgan fingerprint density at radius 1 is 0.914 bits per heavy atom. The van der Waals surface area contributed by atoms with Gasteiger partial charge in [0.2, 0.25) is 11.8 Å². The molecule has 0 radical (unpaired) electrons. The molecule has 1 atom stereocenters. The molecule has 0 aliphatic heterocycles. The molecule has 0 bridgehead atoms. The zero-order chi connectivity index (χ0) is 25.4. The van der Waals surface area contributed by atoms with E-state index in [0.29, 0.717) is 11.4 Å². The highest BCUT2D eigenvalue weighted by Gasteiger charge is 2.32. The van der Waals surface area contributed by atoms with E-state index in [0.717, 1.165) is 22.4 Å². The fourth-order valence-corrected chi connectivity index (χ4v) is 4.03. The van der Waals surface area contributed by atoms with Crippen molar-refractivity contribution in [1.29, 1.82) is 0 Å². The standard InChI is InChI=1S/C29H33ClN2O3/c1-29(2,3)31-28(34)26(18-21-10-6-5-7-11-21)32(20-23-12-8-9-13-25(23)30)27(33)19-22-14-16-24(35-4)17-15-22/h5-17,26H,18-20H2,1-4H3,(H,31,34). The molecule has 1 unspecified atom stereocenters. The summed E-state index contributed by atoms with van der Waals surface area (Å²) in [6.45, 7) is 6.02. The van der Waals surface area contributed by atoms with Gasteiger partial charge in [-0.15, -0.1) is 0 Å². The van der Waals surface area contributed by atoms with Crippen LogP contribution < -0.4 is 10.1 Å². The minimum Gasteiger partial charge on any atom is -0.497 e. The Kier molecular flexibility index (Phi) is 8.94. The van der Waals surface area contributed by atoms with Crippen LogP contribution in [0.1, 0.15) is 37.5 Å². The largest absolute Gasteiger partial charge is 0.497 e. The van der Waals surface area contributed by atoms with E-state index in [2.05, 4.69) is 5.32 Å². The van der Waals surface area contributed by atoms with Crippen molar-refractivity contribution in [3.8, 4) is 5.75 Å². The molecule has 3 aromatic carbocycles. The summed E-state index contributed by atoms with van der Waals surface area (Å²) in [4.78, 5) is 29.0. The minimum atomic E-state index is -0.710. The average Bonchev–Trinajstić information content (AvgIpc) is 2.82. The van der Waals surface area contributed by atoms with Crippen molar-refractivity contribution in [2.45, 2.75) is 51.7 Å². The van der Waals surface area contributed by atoms with E-state index in [9.17, 15) is 9.59 Å². The molecule has 0 aromatic heterocycles. The molecule has 0 heterocycles. The van der Waals surface area contributed by atoms with E-state index in [1.165, 1.54) is 0 Å². The Morgan fingerprint density at radius 2 is 1.54 bits per heavy atom. The topological polar surface area (TPSA) is 58.6 Å². The lowest BCUT2D eigenvalue weighted by atomic mass is 10.00. The molecule has 3 aromatic rings. The van der Waals surface area contributed by atoms with Gasteiger partial charge in [0.25, 0.3) is 0 Å². The van der Waals surface area contributed by atoms with Gasteiger partial charge in [-0.25, -0.2) is 0 Å². The van der Waals surface area contributed by atoms with Gasteiger partial charge in [-0.2, -0.15) is 0 Å². The van der Waals surface area contributed by atoms with E-state index in [-0.39, 0.29) is 24.8 Å². The van der Waals surface area contributed by atoms with Gasteiger partial charge in [0.15, 0.2) is 0 Å². The molecule has 0 fully saturated rings. The number of rotatable bonds is 9. The molecule has 3 rings (SSSR count). The van der Waals surface area contributed by atoms with Gasteiger partial charge in [0.05, 0.1) is 13.5 Å². The number of hydrogen-bond donors (Lipinski definition) is 1. The van der Waals surface area contributed by atoms with Crippen molar-refractivity contribution >= 4 is 23.4 Å². The first kappa shape index (κ1) is 26.3. The lowest BCUT2D eigenvalue weighted by Crippen LogP contribution is -2.54. The van der Waals surface area contributed by atoms with Crippen LogP contribution in [0.25, 0.3) is 0 Å². The first-order chi connectivity index (χ1) is 16.7. The predicted octanol–water partition coefficient (Wildman–Crippen LogP) is 5.45. The van der Waals surface area contributed by atoms with Gasteiger partial charge in [-0.05, 0) is 55.7 Å². The zero-order valence-electron chi connectivity index (χ0n) is 20.8. The van der Waals surface area contributed by atoms with Gasteiger partial charge in [-0.1, -0.05) is 72.3 Å². The van der Waals surface area contributed by atoms with Crippen molar-refractivity contribution in [3.05, 3.63) is 101 Å². The van der Waals surface area contributed by atoms with Crippen LogP contribution in [-0.2, 0) is 29.0 Å². The summed E-state index contributed by atoms with van der Waals surface area (Å²) >= 11 is 6.47. The Labute approximate surface area is 213 Å². The number of ether oxygens (including phenoxy) is 1. The molecule has 1 N–H and O–H groups in total. The van der Waals surface area contributed by atoms with Crippen molar-refractivity contribution in [2.24, 2.45) is 0 Å². The molecule has 5 nitrogen and oxygen atoms in total. The summed E-state index contributed by atoms with van der Waals surface area (Å²) in [5.74, 6) is 0.372. The highest BCUT2D eigenvalue weighted by Crippen LogP contribution is 2.22. The molecule has 0 aliphatic rings.